The van der Waals surface area contributed by atoms with Crippen LogP contribution in [-0.2, 0) is 6.42 Å². The fourth-order valence-electron chi connectivity index (χ4n) is 1.88. The molecule has 16 heavy (non-hydrogen) atoms. The summed E-state index contributed by atoms with van der Waals surface area (Å²) < 4.78 is 0. The highest BCUT2D eigenvalue weighted by molar-refractivity contribution is 5.24. The molecule has 0 bridgehead atoms. The lowest BCUT2D eigenvalue weighted by Gasteiger charge is -2.07. The van der Waals surface area contributed by atoms with Crippen LogP contribution in [0.4, 0.5) is 0 Å². The third kappa shape index (κ3) is 4.80. The normalized spacial score (nSPS) is 11.0. The second-order valence-electron chi connectivity index (χ2n) is 4.81. The summed E-state index contributed by atoms with van der Waals surface area (Å²) in [6.45, 7) is 5.63. The maximum absolute atomic E-state index is 3.19. The Morgan fingerprint density at radius 1 is 1.00 bits per heavy atom. The Kier molecular flexibility index (Phi) is 6.17. The van der Waals surface area contributed by atoms with Crippen molar-refractivity contribution in [2.45, 2.75) is 45.4 Å². The fraction of sp³-hybridized carbons (Fsp3) is 0.600. The molecule has 1 heteroatoms. The fourth-order valence-corrected chi connectivity index (χ4v) is 1.88. The van der Waals surface area contributed by atoms with E-state index in [0.717, 1.165) is 6.54 Å². The van der Waals surface area contributed by atoms with Gasteiger partial charge in [-0.1, -0.05) is 44.5 Å². The summed E-state index contributed by atoms with van der Waals surface area (Å²) in [5, 5.41) is 3.19. The minimum atomic E-state index is 0.643. The molecular weight excluding hydrogens is 194 g/mol. The molecule has 1 N–H and O–H groups in total. The molecule has 0 fully saturated rings. The van der Waals surface area contributed by atoms with Gasteiger partial charge in [0.15, 0.2) is 0 Å². The van der Waals surface area contributed by atoms with Gasteiger partial charge in [0.05, 0.1) is 0 Å². The Labute approximate surface area is 100 Å². The molecule has 0 amide bonds. The van der Waals surface area contributed by atoms with Crippen molar-refractivity contribution in [1.29, 1.82) is 0 Å². The van der Waals surface area contributed by atoms with Crippen LogP contribution in [0.3, 0.4) is 0 Å². The number of unbranched alkanes of at least 4 members (excludes halogenated alkanes) is 2. The summed E-state index contributed by atoms with van der Waals surface area (Å²) in [6, 6.07) is 9.11. The summed E-state index contributed by atoms with van der Waals surface area (Å²) >= 11 is 0. The minimum absolute atomic E-state index is 0.643. The van der Waals surface area contributed by atoms with Crippen LogP contribution in [0.5, 0.6) is 0 Å². The number of nitrogens with one attached hydrogen (secondary N) is 1. The van der Waals surface area contributed by atoms with Gasteiger partial charge in [0.2, 0.25) is 0 Å². The molecule has 1 aromatic rings. The number of hydrogen-bond donors (Lipinski definition) is 1. The van der Waals surface area contributed by atoms with E-state index >= 15 is 0 Å². The van der Waals surface area contributed by atoms with Crippen molar-refractivity contribution in [2.75, 3.05) is 13.6 Å². The summed E-state index contributed by atoms with van der Waals surface area (Å²) in [5.41, 5.74) is 2.92. The second-order valence-corrected chi connectivity index (χ2v) is 4.81. The van der Waals surface area contributed by atoms with Gasteiger partial charge in [0.1, 0.15) is 0 Å². The first-order valence-corrected chi connectivity index (χ1v) is 6.47. The topological polar surface area (TPSA) is 12.0 Å². The van der Waals surface area contributed by atoms with E-state index in [1.165, 1.54) is 36.8 Å². The van der Waals surface area contributed by atoms with E-state index in [4.69, 9.17) is 0 Å². The van der Waals surface area contributed by atoms with Gasteiger partial charge in [-0.05, 0) is 49.9 Å². The van der Waals surface area contributed by atoms with Crippen molar-refractivity contribution in [3.05, 3.63) is 35.4 Å². The molecule has 0 atom stereocenters. The molecule has 0 heterocycles. The first-order valence-electron chi connectivity index (χ1n) is 6.47. The maximum atomic E-state index is 3.19. The third-order valence-electron chi connectivity index (χ3n) is 3.04. The molecule has 90 valence electrons. The van der Waals surface area contributed by atoms with E-state index in [9.17, 15) is 0 Å². The zero-order valence-corrected chi connectivity index (χ0v) is 10.9. The number of hydrogen-bond acceptors (Lipinski definition) is 1. The summed E-state index contributed by atoms with van der Waals surface area (Å²) in [5.74, 6) is 0.643. The average molecular weight is 219 g/mol. The Hall–Kier alpha value is -0.820. The van der Waals surface area contributed by atoms with E-state index in [1.54, 1.807) is 0 Å². The Balaban J connectivity index is 2.27. The van der Waals surface area contributed by atoms with Gasteiger partial charge in [-0.25, -0.2) is 0 Å². The molecule has 1 rings (SSSR count). The van der Waals surface area contributed by atoms with Crippen LogP contribution >= 0.6 is 0 Å². The molecule has 1 aromatic carbocycles. The van der Waals surface area contributed by atoms with Crippen molar-refractivity contribution >= 4 is 0 Å². The Morgan fingerprint density at radius 3 is 2.25 bits per heavy atom. The van der Waals surface area contributed by atoms with E-state index in [0.29, 0.717) is 5.92 Å². The highest BCUT2D eigenvalue weighted by atomic mass is 14.8. The van der Waals surface area contributed by atoms with Crippen LogP contribution < -0.4 is 5.32 Å². The Bertz CT molecular complexity index is 274. The van der Waals surface area contributed by atoms with Crippen molar-refractivity contribution < 1.29 is 0 Å². The third-order valence-corrected chi connectivity index (χ3v) is 3.04. The van der Waals surface area contributed by atoms with Gasteiger partial charge in [-0.15, -0.1) is 0 Å². The molecule has 0 aliphatic heterocycles. The van der Waals surface area contributed by atoms with Crippen LogP contribution in [0.25, 0.3) is 0 Å². The van der Waals surface area contributed by atoms with Crippen LogP contribution in [0, 0.1) is 0 Å². The summed E-state index contributed by atoms with van der Waals surface area (Å²) in [4.78, 5) is 0. The zero-order valence-electron chi connectivity index (χ0n) is 10.9. The van der Waals surface area contributed by atoms with Gasteiger partial charge in [0, 0.05) is 0 Å². The van der Waals surface area contributed by atoms with E-state index in [2.05, 4.69) is 43.4 Å². The summed E-state index contributed by atoms with van der Waals surface area (Å²) in [7, 11) is 2.02. The summed E-state index contributed by atoms with van der Waals surface area (Å²) in [6.07, 6.45) is 5.15. The molecule has 0 spiro atoms. The smallest absolute Gasteiger partial charge is 0.00519 e. The van der Waals surface area contributed by atoms with Gasteiger partial charge in [-0.2, -0.15) is 0 Å². The van der Waals surface area contributed by atoms with Gasteiger partial charge >= 0.3 is 0 Å². The monoisotopic (exact) mass is 219 g/mol. The number of rotatable bonds is 7. The van der Waals surface area contributed by atoms with Gasteiger partial charge in [0.25, 0.3) is 0 Å². The molecule has 0 unspecified atom stereocenters. The molecule has 0 saturated carbocycles. The lowest BCUT2D eigenvalue weighted by atomic mass is 10.00. The van der Waals surface area contributed by atoms with E-state index < -0.39 is 0 Å². The van der Waals surface area contributed by atoms with Crippen molar-refractivity contribution in [2.24, 2.45) is 0 Å². The number of benzene rings is 1. The molecule has 0 aromatic heterocycles. The van der Waals surface area contributed by atoms with Crippen LogP contribution in [0.1, 0.15) is 50.2 Å². The first-order chi connectivity index (χ1) is 7.74. The number of aryl methyl sites for hydroxylation is 1. The second kappa shape index (κ2) is 7.45. The van der Waals surface area contributed by atoms with Gasteiger partial charge < -0.3 is 5.32 Å². The average Bonchev–Trinajstić information content (AvgIpc) is 2.29. The molecule has 0 saturated heterocycles. The molecule has 0 radical (unpaired) electrons. The van der Waals surface area contributed by atoms with Crippen LogP contribution in [0.15, 0.2) is 24.3 Å². The van der Waals surface area contributed by atoms with Crippen molar-refractivity contribution in [3.63, 3.8) is 0 Å². The highest BCUT2D eigenvalue weighted by Crippen LogP contribution is 2.15. The van der Waals surface area contributed by atoms with Gasteiger partial charge in [-0.3, -0.25) is 0 Å². The largest absolute Gasteiger partial charge is 0.320 e. The predicted octanol–water partition coefficient (Wildman–Crippen LogP) is 3.74. The highest BCUT2D eigenvalue weighted by Gasteiger charge is 1.98. The molecule has 1 nitrogen and oxygen atoms in total. The first kappa shape index (κ1) is 13.2. The zero-order chi connectivity index (χ0) is 11.8. The lowest BCUT2D eigenvalue weighted by molar-refractivity contribution is 0.642. The molecule has 0 aliphatic carbocycles. The predicted molar refractivity (Wildman–Crippen MR) is 72.0 cm³/mol. The van der Waals surface area contributed by atoms with E-state index in [-0.39, 0.29) is 0 Å². The van der Waals surface area contributed by atoms with Crippen LogP contribution in [-0.4, -0.2) is 13.6 Å². The van der Waals surface area contributed by atoms with E-state index in [1.807, 2.05) is 7.05 Å². The van der Waals surface area contributed by atoms with Crippen molar-refractivity contribution in [3.8, 4) is 0 Å². The van der Waals surface area contributed by atoms with Crippen molar-refractivity contribution in [1.82, 2.24) is 5.32 Å². The minimum Gasteiger partial charge on any atom is -0.320 e. The maximum Gasteiger partial charge on any atom is -0.00519 e. The standard InChI is InChI=1S/C15H25N/c1-13(2)15-10-8-14(9-11-15)7-5-4-6-12-16-3/h8-11,13,16H,4-7,12H2,1-3H3. The molecular formula is C15H25N. The lowest BCUT2D eigenvalue weighted by Crippen LogP contribution is -2.07. The molecule has 0 aliphatic rings. The Morgan fingerprint density at radius 2 is 1.69 bits per heavy atom. The quantitative estimate of drug-likeness (QED) is 0.689. The SMILES string of the molecule is CNCCCCCc1ccc(C(C)C)cc1. The van der Waals surface area contributed by atoms with Crippen LogP contribution in [0.2, 0.25) is 0 Å².